The van der Waals surface area contributed by atoms with E-state index >= 15 is 0 Å². The summed E-state index contributed by atoms with van der Waals surface area (Å²) < 4.78 is 0. The van der Waals surface area contributed by atoms with Gasteiger partial charge >= 0.3 is 0 Å². The summed E-state index contributed by atoms with van der Waals surface area (Å²) in [7, 11) is 0. The molecule has 0 spiro atoms. The van der Waals surface area contributed by atoms with Gasteiger partial charge in [0.25, 0.3) is 0 Å². The van der Waals surface area contributed by atoms with E-state index in [2.05, 4.69) is 5.10 Å². The summed E-state index contributed by atoms with van der Waals surface area (Å²) in [5.74, 6) is 5.74. The lowest BCUT2D eigenvalue weighted by Crippen LogP contribution is -2.15. The summed E-state index contributed by atoms with van der Waals surface area (Å²) in [6.07, 6.45) is 0.722. The van der Waals surface area contributed by atoms with Crippen LogP contribution in [-0.2, 0) is 6.42 Å². The van der Waals surface area contributed by atoms with Gasteiger partial charge in [0.15, 0.2) is 0 Å². The van der Waals surface area contributed by atoms with Crippen molar-refractivity contribution >= 4 is 5.84 Å². The van der Waals surface area contributed by atoms with E-state index in [1.165, 1.54) is 0 Å². The molecule has 0 unspecified atom stereocenters. The number of nitrogens with zero attached hydrogens (tertiary/aromatic N) is 1. The fourth-order valence-corrected chi connectivity index (χ4v) is 1.82. The molecule has 0 saturated carbocycles. The van der Waals surface area contributed by atoms with Gasteiger partial charge in [0.05, 0.1) is 0 Å². The molecular formula is C14H15N3O. The normalized spacial score (nSPS) is 11.4. The topological polar surface area (TPSA) is 84.6 Å². The van der Waals surface area contributed by atoms with Crippen molar-refractivity contribution in [2.75, 3.05) is 0 Å². The molecule has 0 saturated heterocycles. The van der Waals surface area contributed by atoms with Gasteiger partial charge in [-0.25, -0.2) is 0 Å². The van der Waals surface area contributed by atoms with Crippen LogP contribution in [0.15, 0.2) is 53.6 Å². The van der Waals surface area contributed by atoms with Crippen LogP contribution in [0.5, 0.6) is 5.75 Å². The molecule has 2 aromatic carbocycles. The average Bonchev–Trinajstić information content (AvgIpc) is 2.38. The average molecular weight is 241 g/mol. The Morgan fingerprint density at radius 1 is 1.06 bits per heavy atom. The van der Waals surface area contributed by atoms with Crippen LogP contribution in [0.25, 0.3) is 0 Å². The Labute approximate surface area is 106 Å². The molecule has 5 N–H and O–H groups in total. The predicted octanol–water partition coefficient (Wildman–Crippen LogP) is 1.56. The molecule has 0 atom stereocenters. The largest absolute Gasteiger partial charge is 0.508 e. The van der Waals surface area contributed by atoms with Gasteiger partial charge in [0.1, 0.15) is 11.6 Å². The number of hydrogen-bond acceptors (Lipinski definition) is 3. The van der Waals surface area contributed by atoms with Gasteiger partial charge in [-0.05, 0) is 35.7 Å². The van der Waals surface area contributed by atoms with Crippen molar-refractivity contribution in [3.63, 3.8) is 0 Å². The van der Waals surface area contributed by atoms with Crippen molar-refractivity contribution in [3.8, 4) is 5.75 Å². The fraction of sp³-hybridized carbons (Fsp3) is 0.0714. The van der Waals surface area contributed by atoms with E-state index < -0.39 is 0 Å². The summed E-state index contributed by atoms with van der Waals surface area (Å²) in [5.41, 5.74) is 8.59. The Balaban J connectivity index is 2.24. The van der Waals surface area contributed by atoms with Crippen LogP contribution in [0, 0.1) is 0 Å². The van der Waals surface area contributed by atoms with E-state index in [9.17, 15) is 5.11 Å². The Hall–Kier alpha value is -2.49. The van der Waals surface area contributed by atoms with E-state index in [4.69, 9.17) is 11.6 Å². The molecule has 0 heterocycles. The first-order valence-corrected chi connectivity index (χ1v) is 5.59. The van der Waals surface area contributed by atoms with Gasteiger partial charge in [-0.1, -0.05) is 30.3 Å². The number of rotatable bonds is 3. The highest BCUT2D eigenvalue weighted by Gasteiger charge is 2.01. The van der Waals surface area contributed by atoms with Crippen molar-refractivity contribution in [1.29, 1.82) is 0 Å². The SMILES string of the molecule is N/N=C(\N)c1cccc(Cc2cccc(O)c2)c1. The lowest BCUT2D eigenvalue weighted by molar-refractivity contribution is 0.474. The Kier molecular flexibility index (Phi) is 3.48. The second-order valence-electron chi connectivity index (χ2n) is 4.06. The highest BCUT2D eigenvalue weighted by molar-refractivity contribution is 5.97. The van der Waals surface area contributed by atoms with Crippen LogP contribution in [0.1, 0.15) is 16.7 Å². The third-order valence-electron chi connectivity index (χ3n) is 2.68. The molecular weight excluding hydrogens is 226 g/mol. The molecule has 18 heavy (non-hydrogen) atoms. The maximum absolute atomic E-state index is 9.42. The molecule has 92 valence electrons. The minimum atomic E-state index is 0.270. The van der Waals surface area contributed by atoms with Crippen LogP contribution in [0.4, 0.5) is 0 Å². The molecule has 0 aliphatic carbocycles. The monoisotopic (exact) mass is 241 g/mol. The number of hydrogen-bond donors (Lipinski definition) is 3. The summed E-state index contributed by atoms with van der Waals surface area (Å²) in [4.78, 5) is 0. The highest BCUT2D eigenvalue weighted by atomic mass is 16.3. The minimum Gasteiger partial charge on any atom is -0.508 e. The number of amidine groups is 1. The molecule has 4 nitrogen and oxygen atoms in total. The zero-order valence-corrected chi connectivity index (χ0v) is 9.88. The van der Waals surface area contributed by atoms with E-state index in [1.807, 2.05) is 36.4 Å². The lowest BCUT2D eigenvalue weighted by atomic mass is 10.0. The highest BCUT2D eigenvalue weighted by Crippen LogP contribution is 2.15. The Morgan fingerprint density at radius 2 is 1.72 bits per heavy atom. The van der Waals surface area contributed by atoms with Crippen molar-refractivity contribution in [2.24, 2.45) is 16.7 Å². The van der Waals surface area contributed by atoms with E-state index in [0.29, 0.717) is 5.84 Å². The molecule has 0 fully saturated rings. The Bertz CT molecular complexity index is 579. The van der Waals surface area contributed by atoms with Crippen LogP contribution in [0.2, 0.25) is 0 Å². The number of hydrazone groups is 1. The van der Waals surface area contributed by atoms with Gasteiger partial charge in [0, 0.05) is 5.56 Å². The quantitative estimate of drug-likeness (QED) is 0.330. The third-order valence-corrected chi connectivity index (χ3v) is 2.68. The molecule has 0 radical (unpaired) electrons. The summed E-state index contributed by atoms with van der Waals surface area (Å²) in [6, 6.07) is 14.9. The number of benzene rings is 2. The van der Waals surface area contributed by atoms with Gasteiger partial charge in [-0.3, -0.25) is 0 Å². The molecule has 0 amide bonds. The number of aromatic hydroxyl groups is 1. The number of phenolic OH excluding ortho intramolecular Hbond substituents is 1. The van der Waals surface area contributed by atoms with E-state index in [1.54, 1.807) is 12.1 Å². The summed E-state index contributed by atoms with van der Waals surface area (Å²) in [5, 5.41) is 12.9. The third kappa shape index (κ3) is 2.79. The first-order chi connectivity index (χ1) is 8.69. The molecule has 2 rings (SSSR count). The summed E-state index contributed by atoms with van der Waals surface area (Å²) >= 11 is 0. The molecule has 0 bridgehead atoms. The Morgan fingerprint density at radius 3 is 2.39 bits per heavy atom. The minimum absolute atomic E-state index is 0.270. The van der Waals surface area contributed by atoms with Gasteiger partial charge in [-0.2, -0.15) is 5.10 Å². The molecule has 2 aromatic rings. The van der Waals surface area contributed by atoms with Crippen LogP contribution in [0.3, 0.4) is 0 Å². The van der Waals surface area contributed by atoms with Crippen molar-refractivity contribution in [2.45, 2.75) is 6.42 Å². The van der Waals surface area contributed by atoms with Crippen LogP contribution >= 0.6 is 0 Å². The lowest BCUT2D eigenvalue weighted by Gasteiger charge is -2.05. The second kappa shape index (κ2) is 5.23. The van der Waals surface area contributed by atoms with E-state index in [-0.39, 0.29) is 5.75 Å². The van der Waals surface area contributed by atoms with Gasteiger partial charge < -0.3 is 16.7 Å². The number of nitrogens with two attached hydrogens (primary N) is 2. The smallest absolute Gasteiger partial charge is 0.150 e. The molecule has 0 aliphatic heterocycles. The first-order valence-electron chi connectivity index (χ1n) is 5.59. The zero-order valence-electron chi connectivity index (χ0n) is 9.88. The van der Waals surface area contributed by atoms with Crippen LogP contribution < -0.4 is 11.6 Å². The fourth-order valence-electron chi connectivity index (χ4n) is 1.82. The predicted molar refractivity (Wildman–Crippen MR) is 72.3 cm³/mol. The maximum Gasteiger partial charge on any atom is 0.150 e. The van der Waals surface area contributed by atoms with Gasteiger partial charge in [0.2, 0.25) is 0 Å². The van der Waals surface area contributed by atoms with Crippen molar-refractivity contribution < 1.29 is 5.11 Å². The van der Waals surface area contributed by atoms with Crippen molar-refractivity contribution in [1.82, 2.24) is 0 Å². The van der Waals surface area contributed by atoms with Crippen molar-refractivity contribution in [3.05, 3.63) is 65.2 Å². The first kappa shape index (κ1) is 12.0. The van der Waals surface area contributed by atoms with Crippen LogP contribution in [-0.4, -0.2) is 10.9 Å². The summed E-state index contributed by atoms with van der Waals surface area (Å²) in [6.45, 7) is 0. The molecule has 0 aromatic heterocycles. The standard InChI is InChI=1S/C14H15N3O/c15-14(17-16)12-5-1-3-10(8-12)7-11-4-2-6-13(18)9-11/h1-6,8-9,18H,7,16H2,(H2,15,17). The zero-order chi connectivity index (χ0) is 13.0. The molecule has 0 aliphatic rings. The van der Waals surface area contributed by atoms with Gasteiger partial charge in [-0.15, -0.1) is 0 Å². The maximum atomic E-state index is 9.42. The number of phenols is 1. The molecule has 4 heteroatoms. The van der Waals surface area contributed by atoms with E-state index in [0.717, 1.165) is 23.1 Å². The second-order valence-corrected chi connectivity index (χ2v) is 4.06.